The fourth-order valence-electron chi connectivity index (χ4n) is 3.38. The van der Waals surface area contributed by atoms with Crippen molar-refractivity contribution in [3.05, 3.63) is 0 Å². The standard InChI is InChI=1S/C20H38N2O5/c1-9-21(16(24)14(2)3)11-19(8,13-23)27-20(26)12-22(10-15(20)4)17(25)18(5,6)7/h14-15,23,26H,9-13H2,1-8H3/t15-,19+,20-/m1/s1. The topological polar surface area (TPSA) is 90.3 Å². The molecule has 1 fully saturated rings. The molecule has 0 spiro atoms. The molecule has 1 aliphatic rings. The number of nitrogens with zero attached hydrogens (tertiary/aromatic N) is 2. The fraction of sp³-hybridized carbons (Fsp3) is 0.900. The molecule has 0 saturated carbocycles. The predicted molar refractivity (Wildman–Crippen MR) is 104 cm³/mol. The molecule has 1 saturated heterocycles. The van der Waals surface area contributed by atoms with Crippen LogP contribution in [0.25, 0.3) is 0 Å². The second-order valence-corrected chi connectivity index (χ2v) is 9.40. The van der Waals surface area contributed by atoms with Crippen LogP contribution in [0.4, 0.5) is 0 Å². The molecule has 0 aromatic rings. The van der Waals surface area contributed by atoms with Gasteiger partial charge in [0.1, 0.15) is 5.60 Å². The Kier molecular flexibility index (Phi) is 7.47. The van der Waals surface area contributed by atoms with Gasteiger partial charge in [0.15, 0.2) is 5.79 Å². The average molecular weight is 387 g/mol. The first-order chi connectivity index (χ1) is 12.2. The van der Waals surface area contributed by atoms with Crippen LogP contribution < -0.4 is 0 Å². The summed E-state index contributed by atoms with van der Waals surface area (Å²) in [6.07, 6.45) is 0. The Labute approximate surface area is 163 Å². The van der Waals surface area contributed by atoms with Crippen LogP contribution in [0.2, 0.25) is 0 Å². The van der Waals surface area contributed by atoms with E-state index in [-0.39, 0.29) is 43.3 Å². The highest BCUT2D eigenvalue weighted by Gasteiger charge is 2.50. The smallest absolute Gasteiger partial charge is 0.228 e. The lowest BCUT2D eigenvalue weighted by Gasteiger charge is -2.41. The summed E-state index contributed by atoms with van der Waals surface area (Å²) in [5, 5.41) is 21.1. The summed E-state index contributed by atoms with van der Waals surface area (Å²) >= 11 is 0. The summed E-state index contributed by atoms with van der Waals surface area (Å²) in [5.41, 5.74) is -1.68. The van der Waals surface area contributed by atoms with E-state index in [9.17, 15) is 19.8 Å². The van der Waals surface area contributed by atoms with Gasteiger partial charge in [-0.3, -0.25) is 9.59 Å². The van der Waals surface area contributed by atoms with Crippen molar-refractivity contribution in [2.45, 2.75) is 66.8 Å². The Morgan fingerprint density at radius 3 is 2.26 bits per heavy atom. The minimum absolute atomic E-state index is 0.0308. The van der Waals surface area contributed by atoms with Gasteiger partial charge < -0.3 is 24.7 Å². The number of aliphatic hydroxyl groups is 2. The summed E-state index contributed by atoms with van der Waals surface area (Å²) in [7, 11) is 0. The van der Waals surface area contributed by atoms with Gasteiger partial charge in [0, 0.05) is 30.3 Å². The van der Waals surface area contributed by atoms with Crippen molar-refractivity contribution in [3.8, 4) is 0 Å². The number of amides is 2. The maximum atomic E-state index is 12.6. The number of hydrogen-bond acceptors (Lipinski definition) is 5. The van der Waals surface area contributed by atoms with Gasteiger partial charge in [0.05, 0.1) is 19.7 Å². The van der Waals surface area contributed by atoms with Crippen molar-refractivity contribution in [1.82, 2.24) is 9.80 Å². The molecule has 0 bridgehead atoms. The van der Waals surface area contributed by atoms with E-state index in [1.54, 1.807) is 16.7 Å². The van der Waals surface area contributed by atoms with E-state index < -0.39 is 16.8 Å². The monoisotopic (exact) mass is 386 g/mol. The highest BCUT2D eigenvalue weighted by atomic mass is 16.6. The number of hydrogen-bond donors (Lipinski definition) is 2. The van der Waals surface area contributed by atoms with Crippen molar-refractivity contribution < 1.29 is 24.5 Å². The summed E-state index contributed by atoms with van der Waals surface area (Å²) in [4.78, 5) is 28.2. The molecular weight excluding hydrogens is 348 g/mol. The number of likely N-dealkylation sites (N-methyl/N-ethyl adjacent to an activating group) is 1. The molecule has 7 nitrogen and oxygen atoms in total. The van der Waals surface area contributed by atoms with E-state index in [0.717, 1.165) is 0 Å². The molecule has 1 rings (SSSR count). The number of ether oxygens (including phenoxy) is 1. The van der Waals surface area contributed by atoms with Crippen LogP contribution in [0.5, 0.6) is 0 Å². The number of aliphatic hydroxyl groups excluding tert-OH is 1. The number of likely N-dealkylation sites (tertiary alicyclic amines) is 1. The van der Waals surface area contributed by atoms with Gasteiger partial charge in [-0.1, -0.05) is 41.5 Å². The minimum Gasteiger partial charge on any atom is -0.393 e. The van der Waals surface area contributed by atoms with Gasteiger partial charge in [-0.05, 0) is 13.8 Å². The SMILES string of the molecule is CCN(C[C@@](C)(CO)O[C@]1(O)CN(C(=O)C(C)(C)C)C[C@H]1C)C(=O)C(C)C. The van der Waals surface area contributed by atoms with Crippen LogP contribution in [0, 0.1) is 17.3 Å². The second-order valence-electron chi connectivity index (χ2n) is 9.40. The summed E-state index contributed by atoms with van der Waals surface area (Å²) in [5.74, 6) is -2.13. The van der Waals surface area contributed by atoms with Gasteiger partial charge in [-0.25, -0.2) is 0 Å². The lowest BCUT2D eigenvalue weighted by atomic mass is 9.95. The molecule has 3 atom stereocenters. The predicted octanol–water partition coefficient (Wildman–Crippen LogP) is 1.47. The molecule has 158 valence electrons. The van der Waals surface area contributed by atoms with Gasteiger partial charge in [-0.2, -0.15) is 0 Å². The third kappa shape index (κ3) is 5.65. The summed E-state index contributed by atoms with van der Waals surface area (Å²) in [6.45, 7) is 15.3. The molecule has 0 radical (unpaired) electrons. The molecule has 2 amide bonds. The minimum atomic E-state index is -1.57. The zero-order chi connectivity index (χ0) is 21.2. The number of β-amino-alcohol motifs (C(OH)–C–C–N with tert-alkyl or cyclic N) is 1. The van der Waals surface area contributed by atoms with E-state index in [2.05, 4.69) is 0 Å². The first-order valence-electron chi connectivity index (χ1n) is 9.80. The van der Waals surface area contributed by atoms with E-state index >= 15 is 0 Å². The van der Waals surface area contributed by atoms with Crippen molar-refractivity contribution in [1.29, 1.82) is 0 Å². The van der Waals surface area contributed by atoms with Crippen molar-refractivity contribution in [2.75, 3.05) is 32.8 Å². The zero-order valence-electron chi connectivity index (χ0n) is 18.2. The Hall–Kier alpha value is -1.18. The Morgan fingerprint density at radius 2 is 1.85 bits per heavy atom. The van der Waals surface area contributed by atoms with Gasteiger partial charge >= 0.3 is 0 Å². The normalized spacial score (nSPS) is 25.6. The second kappa shape index (κ2) is 8.45. The number of rotatable bonds is 7. The van der Waals surface area contributed by atoms with Crippen molar-refractivity contribution in [3.63, 3.8) is 0 Å². The Balaban J connectivity index is 2.97. The molecule has 2 N–H and O–H groups in total. The Morgan fingerprint density at radius 1 is 1.30 bits per heavy atom. The van der Waals surface area contributed by atoms with Crippen LogP contribution in [-0.4, -0.2) is 76.0 Å². The van der Waals surface area contributed by atoms with Crippen LogP contribution in [-0.2, 0) is 14.3 Å². The van der Waals surface area contributed by atoms with E-state index in [1.165, 1.54) is 0 Å². The molecule has 0 aromatic heterocycles. The highest BCUT2D eigenvalue weighted by Crippen LogP contribution is 2.35. The first-order valence-corrected chi connectivity index (χ1v) is 9.80. The summed E-state index contributed by atoms with van der Waals surface area (Å²) in [6, 6.07) is 0. The van der Waals surface area contributed by atoms with Crippen LogP contribution in [0.15, 0.2) is 0 Å². The van der Waals surface area contributed by atoms with E-state index in [1.807, 2.05) is 48.5 Å². The quantitative estimate of drug-likeness (QED) is 0.647. The van der Waals surface area contributed by atoms with Crippen LogP contribution >= 0.6 is 0 Å². The molecule has 1 aliphatic heterocycles. The van der Waals surface area contributed by atoms with E-state index in [0.29, 0.717) is 13.1 Å². The molecule has 1 heterocycles. The molecule has 0 unspecified atom stereocenters. The average Bonchev–Trinajstić information content (AvgIpc) is 2.84. The van der Waals surface area contributed by atoms with Crippen LogP contribution in [0.3, 0.4) is 0 Å². The number of carbonyl (C=O) groups is 2. The number of carbonyl (C=O) groups excluding carboxylic acids is 2. The first kappa shape index (κ1) is 23.9. The molecule has 7 heteroatoms. The van der Waals surface area contributed by atoms with Crippen LogP contribution in [0.1, 0.15) is 55.4 Å². The van der Waals surface area contributed by atoms with Gasteiger partial charge in [0.25, 0.3) is 0 Å². The largest absolute Gasteiger partial charge is 0.393 e. The highest BCUT2D eigenvalue weighted by molar-refractivity contribution is 5.82. The zero-order valence-corrected chi connectivity index (χ0v) is 18.2. The molecule has 27 heavy (non-hydrogen) atoms. The fourth-order valence-corrected chi connectivity index (χ4v) is 3.38. The maximum absolute atomic E-state index is 12.6. The molecular formula is C20H38N2O5. The Bertz CT molecular complexity index is 545. The van der Waals surface area contributed by atoms with Crippen molar-refractivity contribution >= 4 is 11.8 Å². The van der Waals surface area contributed by atoms with Gasteiger partial charge in [-0.15, -0.1) is 0 Å². The lowest BCUT2D eigenvalue weighted by Crippen LogP contribution is -2.56. The third-order valence-corrected chi connectivity index (χ3v) is 5.08. The molecule has 0 aromatic carbocycles. The van der Waals surface area contributed by atoms with E-state index in [4.69, 9.17) is 4.74 Å². The lowest BCUT2D eigenvalue weighted by molar-refractivity contribution is -0.280. The third-order valence-electron chi connectivity index (χ3n) is 5.08. The van der Waals surface area contributed by atoms with Gasteiger partial charge in [0.2, 0.25) is 11.8 Å². The van der Waals surface area contributed by atoms with Crippen molar-refractivity contribution in [2.24, 2.45) is 17.3 Å². The summed E-state index contributed by atoms with van der Waals surface area (Å²) < 4.78 is 6.02. The molecule has 0 aliphatic carbocycles. The maximum Gasteiger partial charge on any atom is 0.228 e.